The summed E-state index contributed by atoms with van der Waals surface area (Å²) in [5, 5.41) is 11.6. The molecule has 1 aromatic heterocycles. The molecule has 2 atom stereocenters. The van der Waals surface area contributed by atoms with Gasteiger partial charge in [0, 0.05) is 38.2 Å². The number of phenols is 1. The number of nitrogens with zero attached hydrogens (tertiary/aromatic N) is 2. The van der Waals surface area contributed by atoms with E-state index >= 15 is 0 Å². The Balaban J connectivity index is 1.44. The predicted octanol–water partition coefficient (Wildman–Crippen LogP) is 4.88. The molecule has 0 bridgehead atoms. The number of phenolic OH excluding ortho intramolecular Hbond substituents is 1. The van der Waals surface area contributed by atoms with Gasteiger partial charge in [0.05, 0.1) is 17.7 Å². The van der Waals surface area contributed by atoms with Crippen LogP contribution < -0.4 is 5.63 Å². The highest BCUT2D eigenvalue weighted by molar-refractivity contribution is 5.85. The Bertz CT molecular complexity index is 1190. The zero-order valence-electron chi connectivity index (χ0n) is 20.6. The molecule has 3 heterocycles. The van der Waals surface area contributed by atoms with Crippen LogP contribution in [0.5, 0.6) is 5.75 Å². The normalized spacial score (nSPS) is 20.9. The van der Waals surface area contributed by atoms with E-state index in [4.69, 9.17) is 9.15 Å². The van der Waals surface area contributed by atoms with Crippen LogP contribution >= 0.6 is 0 Å². The Labute approximate surface area is 207 Å². The highest BCUT2D eigenvalue weighted by atomic mass is 16.5. The molecule has 0 radical (unpaired) electrons. The highest BCUT2D eigenvalue weighted by Crippen LogP contribution is 2.34. The Hall–Kier alpha value is -2.67. The molecule has 186 valence electrons. The first-order valence-electron chi connectivity index (χ1n) is 12.9. The highest BCUT2D eigenvalue weighted by Gasteiger charge is 2.34. The number of piperidine rings is 2. The van der Waals surface area contributed by atoms with E-state index in [-0.39, 0.29) is 11.4 Å². The monoisotopic (exact) mass is 476 g/mol. The molecule has 1 N–H and O–H groups in total. The standard InChI is InChI=1S/C29H36N2O4/c1-34-17-16-30(19-23-10-7-15-31-14-6-5-11-26(23)31)20-25-27(32)13-12-22-18-24(29(33)35-28(22)25)21-8-3-2-4-9-21/h2-4,8-9,12-13,18,23,26,32H,5-7,10-11,14-17,19-20H2,1H3. The Morgan fingerprint density at radius 3 is 2.74 bits per heavy atom. The van der Waals surface area contributed by atoms with Gasteiger partial charge in [-0.05, 0) is 68.5 Å². The number of benzene rings is 2. The maximum absolute atomic E-state index is 12.9. The first kappa shape index (κ1) is 24.0. The van der Waals surface area contributed by atoms with Crippen molar-refractivity contribution in [3.63, 3.8) is 0 Å². The lowest BCUT2D eigenvalue weighted by Crippen LogP contribution is -2.51. The van der Waals surface area contributed by atoms with Crippen molar-refractivity contribution in [1.29, 1.82) is 0 Å². The molecule has 35 heavy (non-hydrogen) atoms. The van der Waals surface area contributed by atoms with Crippen LogP contribution in [0, 0.1) is 5.92 Å². The quantitative estimate of drug-likeness (QED) is 0.468. The summed E-state index contributed by atoms with van der Waals surface area (Å²) in [6.07, 6.45) is 6.39. The Morgan fingerprint density at radius 2 is 1.91 bits per heavy atom. The second kappa shape index (κ2) is 10.9. The minimum atomic E-state index is -0.385. The second-order valence-electron chi connectivity index (χ2n) is 10.0. The van der Waals surface area contributed by atoms with E-state index < -0.39 is 0 Å². The number of hydrogen-bond donors (Lipinski definition) is 1. The van der Waals surface area contributed by atoms with Gasteiger partial charge in [-0.3, -0.25) is 4.90 Å². The summed E-state index contributed by atoms with van der Waals surface area (Å²) in [7, 11) is 1.72. The number of ether oxygens (including phenoxy) is 1. The van der Waals surface area contributed by atoms with Crippen molar-refractivity contribution in [2.45, 2.75) is 44.7 Å². The molecule has 2 aromatic carbocycles. The zero-order valence-corrected chi connectivity index (χ0v) is 20.6. The van der Waals surface area contributed by atoms with Crippen molar-refractivity contribution in [1.82, 2.24) is 9.80 Å². The summed E-state index contributed by atoms with van der Waals surface area (Å²) < 4.78 is 11.3. The third-order valence-electron chi connectivity index (χ3n) is 7.78. The van der Waals surface area contributed by atoms with Crippen molar-refractivity contribution in [3.8, 4) is 16.9 Å². The smallest absolute Gasteiger partial charge is 0.344 e. The molecular formula is C29H36N2O4. The van der Waals surface area contributed by atoms with Gasteiger partial charge >= 0.3 is 5.63 Å². The molecule has 0 spiro atoms. The number of rotatable bonds is 8. The molecule has 2 fully saturated rings. The molecule has 2 saturated heterocycles. The largest absolute Gasteiger partial charge is 0.507 e. The summed E-state index contributed by atoms with van der Waals surface area (Å²) in [6, 6.07) is 15.6. The first-order chi connectivity index (χ1) is 17.1. The van der Waals surface area contributed by atoms with Crippen LogP contribution in [-0.2, 0) is 11.3 Å². The Kier molecular flexibility index (Phi) is 7.51. The van der Waals surface area contributed by atoms with Gasteiger partial charge in [0.15, 0.2) is 0 Å². The molecular weight excluding hydrogens is 440 g/mol. The van der Waals surface area contributed by atoms with Crippen LogP contribution in [0.3, 0.4) is 0 Å². The lowest BCUT2D eigenvalue weighted by Gasteiger charge is -2.45. The van der Waals surface area contributed by atoms with Gasteiger partial charge in [-0.1, -0.05) is 36.8 Å². The molecule has 0 saturated carbocycles. The molecule has 6 heteroatoms. The van der Waals surface area contributed by atoms with Crippen LogP contribution in [0.1, 0.15) is 37.7 Å². The molecule has 2 unspecified atom stereocenters. The molecule has 3 aromatic rings. The Morgan fingerprint density at radius 1 is 1.09 bits per heavy atom. The van der Waals surface area contributed by atoms with E-state index in [1.54, 1.807) is 13.2 Å². The summed E-state index contributed by atoms with van der Waals surface area (Å²) in [5.74, 6) is 0.771. The van der Waals surface area contributed by atoms with Crippen molar-refractivity contribution < 1.29 is 14.3 Å². The van der Waals surface area contributed by atoms with Crippen LogP contribution in [0.25, 0.3) is 22.1 Å². The molecule has 2 aliphatic heterocycles. The molecule has 0 amide bonds. The average Bonchev–Trinajstić information content (AvgIpc) is 2.89. The second-order valence-corrected chi connectivity index (χ2v) is 10.0. The van der Waals surface area contributed by atoms with Crippen LogP contribution in [-0.4, -0.2) is 60.8 Å². The van der Waals surface area contributed by atoms with Crippen LogP contribution in [0.15, 0.2) is 57.7 Å². The van der Waals surface area contributed by atoms with Gasteiger partial charge in [-0.25, -0.2) is 4.79 Å². The van der Waals surface area contributed by atoms with Crippen molar-refractivity contribution in [2.24, 2.45) is 5.92 Å². The molecule has 5 rings (SSSR count). The van der Waals surface area contributed by atoms with Gasteiger partial charge in [0.1, 0.15) is 11.3 Å². The minimum Gasteiger partial charge on any atom is -0.507 e. The summed E-state index contributed by atoms with van der Waals surface area (Å²) in [5.41, 5.74) is 2.12. The fraction of sp³-hybridized carbons (Fsp3) is 0.483. The summed E-state index contributed by atoms with van der Waals surface area (Å²) in [4.78, 5) is 18.0. The number of hydrogen-bond acceptors (Lipinski definition) is 6. The van der Waals surface area contributed by atoms with Gasteiger partial charge < -0.3 is 19.2 Å². The molecule has 2 aliphatic rings. The van der Waals surface area contributed by atoms with E-state index in [0.717, 1.165) is 24.0 Å². The van der Waals surface area contributed by atoms with Gasteiger partial charge in [-0.2, -0.15) is 0 Å². The number of fused-ring (bicyclic) bond motifs is 2. The molecule has 6 nitrogen and oxygen atoms in total. The number of methoxy groups -OCH3 is 1. The van der Waals surface area contributed by atoms with Crippen molar-refractivity contribution >= 4 is 11.0 Å². The van der Waals surface area contributed by atoms with Crippen molar-refractivity contribution in [3.05, 3.63) is 64.5 Å². The summed E-state index contributed by atoms with van der Waals surface area (Å²) in [6.45, 7) is 5.29. The lowest BCUT2D eigenvalue weighted by atomic mass is 9.83. The fourth-order valence-corrected chi connectivity index (χ4v) is 6.00. The van der Waals surface area contributed by atoms with Gasteiger partial charge in [0.25, 0.3) is 0 Å². The van der Waals surface area contributed by atoms with Gasteiger partial charge in [-0.15, -0.1) is 0 Å². The SMILES string of the molecule is COCCN(Cc1c(O)ccc2cc(-c3ccccc3)c(=O)oc12)CC1CCCN2CCCCC12. The summed E-state index contributed by atoms with van der Waals surface area (Å²) >= 11 is 0. The third-order valence-corrected chi connectivity index (χ3v) is 7.78. The van der Waals surface area contributed by atoms with E-state index in [2.05, 4.69) is 9.80 Å². The maximum Gasteiger partial charge on any atom is 0.344 e. The fourth-order valence-electron chi connectivity index (χ4n) is 6.00. The average molecular weight is 477 g/mol. The predicted molar refractivity (Wildman–Crippen MR) is 139 cm³/mol. The van der Waals surface area contributed by atoms with Crippen LogP contribution in [0.4, 0.5) is 0 Å². The van der Waals surface area contributed by atoms with Gasteiger partial charge in [0.2, 0.25) is 0 Å². The first-order valence-corrected chi connectivity index (χ1v) is 12.9. The van der Waals surface area contributed by atoms with E-state index in [9.17, 15) is 9.90 Å². The van der Waals surface area contributed by atoms with E-state index in [1.165, 1.54) is 45.2 Å². The number of aromatic hydroxyl groups is 1. The third kappa shape index (κ3) is 5.30. The van der Waals surface area contributed by atoms with E-state index in [0.29, 0.717) is 41.8 Å². The van der Waals surface area contributed by atoms with Crippen LogP contribution in [0.2, 0.25) is 0 Å². The van der Waals surface area contributed by atoms with E-state index in [1.807, 2.05) is 42.5 Å². The topological polar surface area (TPSA) is 66.2 Å². The van der Waals surface area contributed by atoms with Crippen molar-refractivity contribution in [2.75, 3.05) is 39.9 Å². The maximum atomic E-state index is 12.9. The molecule has 0 aliphatic carbocycles. The minimum absolute atomic E-state index is 0.165. The lowest BCUT2D eigenvalue weighted by molar-refractivity contribution is 0.0335. The zero-order chi connectivity index (χ0) is 24.2.